The second kappa shape index (κ2) is 6.20. The van der Waals surface area contributed by atoms with Crippen LogP contribution in [-0.2, 0) is 6.54 Å². The summed E-state index contributed by atoms with van der Waals surface area (Å²) in [6.07, 6.45) is 0. The number of fused-ring (bicyclic) bond motifs is 1. The smallest absolute Gasteiger partial charge is 0.265 e. The van der Waals surface area contributed by atoms with Crippen LogP contribution in [-0.4, -0.2) is 17.6 Å². The fourth-order valence-corrected chi connectivity index (χ4v) is 2.97. The molecule has 0 spiro atoms. The molecule has 24 heavy (non-hydrogen) atoms. The summed E-state index contributed by atoms with van der Waals surface area (Å²) in [6, 6.07) is 14.8. The van der Waals surface area contributed by atoms with Gasteiger partial charge in [0.1, 0.15) is 11.4 Å². The normalized spacial score (nSPS) is 10.8. The van der Waals surface area contributed by atoms with Gasteiger partial charge >= 0.3 is 0 Å². The fourth-order valence-electron chi connectivity index (χ4n) is 2.97. The van der Waals surface area contributed by atoms with Crippen LogP contribution in [0, 0.1) is 6.92 Å². The van der Waals surface area contributed by atoms with Crippen LogP contribution >= 0.6 is 0 Å². The van der Waals surface area contributed by atoms with E-state index in [9.17, 15) is 9.59 Å². The number of nitrogens with two attached hydrogens (primary N) is 1. The minimum absolute atomic E-state index is 0.165. The van der Waals surface area contributed by atoms with Gasteiger partial charge < -0.3 is 15.0 Å². The Labute approximate surface area is 139 Å². The number of nitrogens with zero attached hydrogens (tertiary/aromatic N) is 1. The quantitative estimate of drug-likeness (QED) is 0.802. The second-order valence-corrected chi connectivity index (χ2v) is 5.62. The Balaban J connectivity index is 2.29. The van der Waals surface area contributed by atoms with Crippen molar-refractivity contribution < 1.29 is 9.53 Å². The molecule has 2 N–H and O–H groups in total. The zero-order valence-corrected chi connectivity index (χ0v) is 13.6. The number of methoxy groups -OCH3 is 1. The molecule has 0 bridgehead atoms. The number of para-hydroxylation sites is 1. The van der Waals surface area contributed by atoms with E-state index in [4.69, 9.17) is 10.5 Å². The predicted molar refractivity (Wildman–Crippen MR) is 93.6 cm³/mol. The number of ether oxygens (including phenoxy) is 1. The third kappa shape index (κ3) is 2.65. The first kappa shape index (κ1) is 15.8. The van der Waals surface area contributed by atoms with Gasteiger partial charge in [-0.05, 0) is 36.8 Å². The Morgan fingerprint density at radius 3 is 2.62 bits per heavy atom. The Bertz CT molecular complexity index is 990. The molecule has 0 fully saturated rings. The zero-order valence-electron chi connectivity index (χ0n) is 13.6. The van der Waals surface area contributed by atoms with Gasteiger partial charge in [-0.3, -0.25) is 9.59 Å². The highest BCUT2D eigenvalue weighted by atomic mass is 16.5. The summed E-state index contributed by atoms with van der Waals surface area (Å²) < 4.78 is 7.04. The molecule has 0 aliphatic carbocycles. The monoisotopic (exact) mass is 322 g/mol. The van der Waals surface area contributed by atoms with Crippen LogP contribution in [0.5, 0.6) is 5.75 Å². The number of pyridine rings is 1. The van der Waals surface area contributed by atoms with Gasteiger partial charge in [0.15, 0.2) is 5.43 Å². The molecule has 0 saturated carbocycles. The van der Waals surface area contributed by atoms with E-state index in [0.717, 1.165) is 11.3 Å². The van der Waals surface area contributed by atoms with Gasteiger partial charge in [-0.2, -0.15) is 0 Å². The Morgan fingerprint density at radius 1 is 1.17 bits per heavy atom. The fraction of sp³-hybridized carbons (Fsp3) is 0.158. The van der Waals surface area contributed by atoms with E-state index in [1.54, 1.807) is 24.7 Å². The van der Waals surface area contributed by atoms with Crippen molar-refractivity contribution >= 4 is 16.8 Å². The molecule has 0 aliphatic rings. The standard InChI is InChI=1S/C19H18N2O3/c1-12-17(19(20)23)21(11-13-6-5-7-14(10-13)24-2)16-9-4-3-8-15(16)18(12)22/h3-10H,11H2,1-2H3,(H2,20,23). The molecule has 0 radical (unpaired) electrons. The van der Waals surface area contributed by atoms with Crippen LogP contribution in [0.1, 0.15) is 21.6 Å². The zero-order chi connectivity index (χ0) is 17.3. The highest BCUT2D eigenvalue weighted by Crippen LogP contribution is 2.20. The summed E-state index contributed by atoms with van der Waals surface area (Å²) in [5.74, 6) is 0.119. The van der Waals surface area contributed by atoms with Crippen molar-refractivity contribution in [2.45, 2.75) is 13.5 Å². The summed E-state index contributed by atoms with van der Waals surface area (Å²) in [5.41, 5.74) is 7.63. The lowest BCUT2D eigenvalue weighted by atomic mass is 10.1. The molecule has 0 aliphatic heterocycles. The first-order valence-corrected chi connectivity index (χ1v) is 7.58. The molecule has 2 aromatic carbocycles. The van der Waals surface area contributed by atoms with Gasteiger partial charge in [0.05, 0.1) is 12.6 Å². The van der Waals surface area contributed by atoms with Crippen LogP contribution in [0.25, 0.3) is 10.9 Å². The van der Waals surface area contributed by atoms with Crippen LogP contribution in [0.15, 0.2) is 53.3 Å². The molecular formula is C19H18N2O3. The highest BCUT2D eigenvalue weighted by molar-refractivity contribution is 5.96. The van der Waals surface area contributed by atoms with Crippen molar-refractivity contribution in [2.24, 2.45) is 5.73 Å². The van der Waals surface area contributed by atoms with E-state index < -0.39 is 5.91 Å². The van der Waals surface area contributed by atoms with Crippen LogP contribution in [0.4, 0.5) is 0 Å². The maximum atomic E-state index is 12.5. The summed E-state index contributed by atoms with van der Waals surface area (Å²) >= 11 is 0. The third-order valence-corrected chi connectivity index (χ3v) is 4.11. The summed E-state index contributed by atoms with van der Waals surface area (Å²) in [6.45, 7) is 2.05. The third-order valence-electron chi connectivity index (χ3n) is 4.11. The molecule has 1 heterocycles. The number of carbonyl (C=O) groups excluding carboxylic acids is 1. The lowest BCUT2D eigenvalue weighted by molar-refractivity contribution is 0.0991. The van der Waals surface area contributed by atoms with Gasteiger partial charge in [-0.1, -0.05) is 24.3 Å². The minimum atomic E-state index is -0.613. The average molecular weight is 322 g/mol. The van der Waals surface area contributed by atoms with Gasteiger partial charge in [-0.25, -0.2) is 0 Å². The van der Waals surface area contributed by atoms with Gasteiger partial charge in [0.2, 0.25) is 0 Å². The maximum Gasteiger partial charge on any atom is 0.265 e. The lowest BCUT2D eigenvalue weighted by Crippen LogP contribution is -2.26. The molecule has 1 amide bonds. The van der Waals surface area contributed by atoms with E-state index in [2.05, 4.69) is 0 Å². The number of benzene rings is 2. The molecule has 5 heteroatoms. The number of amides is 1. The minimum Gasteiger partial charge on any atom is -0.497 e. The number of hydrogen-bond donors (Lipinski definition) is 1. The van der Waals surface area contributed by atoms with E-state index >= 15 is 0 Å². The molecule has 0 unspecified atom stereocenters. The number of aromatic nitrogens is 1. The van der Waals surface area contributed by atoms with Crippen molar-refractivity contribution in [1.29, 1.82) is 0 Å². The molecule has 0 saturated heterocycles. The highest BCUT2D eigenvalue weighted by Gasteiger charge is 2.18. The maximum absolute atomic E-state index is 12.5. The molecular weight excluding hydrogens is 304 g/mol. The Morgan fingerprint density at radius 2 is 1.92 bits per heavy atom. The summed E-state index contributed by atoms with van der Waals surface area (Å²) in [5, 5.41) is 0.572. The van der Waals surface area contributed by atoms with Crippen LogP contribution in [0.3, 0.4) is 0 Å². The number of carbonyl (C=O) groups is 1. The first-order valence-electron chi connectivity index (χ1n) is 7.58. The van der Waals surface area contributed by atoms with E-state index in [0.29, 0.717) is 23.0 Å². The summed E-state index contributed by atoms with van der Waals surface area (Å²) in [4.78, 5) is 24.5. The number of rotatable bonds is 4. The first-order chi connectivity index (χ1) is 11.5. The van der Waals surface area contributed by atoms with Crippen molar-refractivity contribution in [3.05, 3.63) is 75.6 Å². The Kier molecular flexibility index (Phi) is 4.08. The average Bonchev–Trinajstić information content (AvgIpc) is 2.59. The largest absolute Gasteiger partial charge is 0.497 e. The van der Waals surface area contributed by atoms with E-state index in [1.165, 1.54) is 0 Å². The molecule has 5 nitrogen and oxygen atoms in total. The molecule has 3 rings (SSSR count). The van der Waals surface area contributed by atoms with Crippen molar-refractivity contribution in [2.75, 3.05) is 7.11 Å². The topological polar surface area (TPSA) is 74.3 Å². The second-order valence-electron chi connectivity index (χ2n) is 5.62. The number of hydrogen-bond acceptors (Lipinski definition) is 3. The lowest BCUT2D eigenvalue weighted by Gasteiger charge is -2.17. The SMILES string of the molecule is COc1cccc(Cn2c(C(N)=O)c(C)c(=O)c3ccccc32)c1. The molecule has 122 valence electrons. The van der Waals surface area contributed by atoms with Crippen molar-refractivity contribution in [1.82, 2.24) is 4.57 Å². The van der Waals surface area contributed by atoms with Crippen molar-refractivity contribution in [3.63, 3.8) is 0 Å². The van der Waals surface area contributed by atoms with E-state index in [1.807, 2.05) is 42.5 Å². The summed E-state index contributed by atoms with van der Waals surface area (Å²) in [7, 11) is 1.60. The van der Waals surface area contributed by atoms with Gasteiger partial charge in [0.25, 0.3) is 5.91 Å². The van der Waals surface area contributed by atoms with Gasteiger partial charge in [0, 0.05) is 17.5 Å². The molecule has 3 aromatic rings. The van der Waals surface area contributed by atoms with E-state index in [-0.39, 0.29) is 11.1 Å². The number of primary amides is 1. The Hall–Kier alpha value is -3.08. The van der Waals surface area contributed by atoms with Gasteiger partial charge in [-0.15, -0.1) is 0 Å². The van der Waals surface area contributed by atoms with Crippen LogP contribution in [0.2, 0.25) is 0 Å². The van der Waals surface area contributed by atoms with Crippen molar-refractivity contribution in [3.8, 4) is 5.75 Å². The predicted octanol–water partition coefficient (Wildman–Crippen LogP) is 2.47. The molecule has 1 aromatic heterocycles. The van der Waals surface area contributed by atoms with Crippen LogP contribution < -0.4 is 15.9 Å². The molecule has 0 atom stereocenters.